The number of hydrogen-bond donors (Lipinski definition) is 4. The monoisotopic (exact) mass is 969 g/mol. The smallest absolute Gasteiger partial charge is 0.251 e. The van der Waals surface area contributed by atoms with E-state index in [0.717, 1.165) is 76.8 Å². The molecule has 3 heterocycles. The largest absolute Gasteiger partial charge is 0.348 e. The fourth-order valence-electron chi connectivity index (χ4n) is 12.1. The lowest BCUT2D eigenvalue weighted by Crippen LogP contribution is -2.39. The van der Waals surface area contributed by atoms with E-state index in [2.05, 4.69) is 21.3 Å². The summed E-state index contributed by atoms with van der Waals surface area (Å²) in [6.45, 7) is 14.9. The van der Waals surface area contributed by atoms with Gasteiger partial charge in [-0.05, 0) is 131 Å². The molecule has 4 N–H and O–H groups in total. The van der Waals surface area contributed by atoms with Crippen molar-refractivity contribution in [3.63, 3.8) is 0 Å². The number of carbonyl (C=O) groups excluding carboxylic acids is 6. The topological polar surface area (TPSA) is 154 Å². The number of nitrogens with zero attached hydrogens (tertiary/aromatic N) is 1. The minimum atomic E-state index is -0.615. The summed E-state index contributed by atoms with van der Waals surface area (Å²) in [7, 11) is 0. The first-order valence-electron chi connectivity index (χ1n) is 25.4. The maximum atomic E-state index is 14.7. The minimum absolute atomic E-state index is 0.0875. The number of nitrogens with one attached hydrogen (secondary N) is 4. The number of likely N-dealkylation sites (tertiary alicyclic amines) is 1. The minimum Gasteiger partial charge on any atom is -0.348 e. The summed E-state index contributed by atoms with van der Waals surface area (Å²) in [5.74, 6) is -3.97. The molecule has 11 heteroatoms. The van der Waals surface area contributed by atoms with E-state index in [1.807, 2.05) is 158 Å². The van der Waals surface area contributed by atoms with Crippen molar-refractivity contribution < 1.29 is 28.8 Å². The highest BCUT2D eigenvalue weighted by Gasteiger charge is 2.59. The molecule has 0 saturated carbocycles. The predicted octanol–water partition coefficient (Wildman–Crippen LogP) is 10.1. The number of rotatable bonds is 1. The van der Waals surface area contributed by atoms with Crippen LogP contribution < -0.4 is 21.3 Å². The normalized spacial score (nSPS) is 20.3. The van der Waals surface area contributed by atoms with Gasteiger partial charge in [0.15, 0.2) is 0 Å². The van der Waals surface area contributed by atoms with E-state index in [1.54, 1.807) is 12.1 Å². The second kappa shape index (κ2) is 17.7. The van der Waals surface area contributed by atoms with Gasteiger partial charge in [0.05, 0.1) is 11.8 Å². The summed E-state index contributed by atoms with van der Waals surface area (Å²) >= 11 is 0. The van der Waals surface area contributed by atoms with Gasteiger partial charge in [-0.2, -0.15) is 0 Å². The van der Waals surface area contributed by atoms with Crippen LogP contribution in [0, 0.1) is 11.8 Å². The predicted molar refractivity (Wildman–Crippen MR) is 284 cm³/mol. The molecule has 4 atom stereocenters. The van der Waals surface area contributed by atoms with Crippen molar-refractivity contribution in [2.75, 3.05) is 6.54 Å². The van der Waals surface area contributed by atoms with Gasteiger partial charge < -0.3 is 21.3 Å². The van der Waals surface area contributed by atoms with E-state index < -0.39 is 34.5 Å². The molecule has 3 aliphatic carbocycles. The maximum Gasteiger partial charge on any atom is 0.251 e. The van der Waals surface area contributed by atoms with Gasteiger partial charge in [-0.1, -0.05) is 126 Å². The Kier molecular flexibility index (Phi) is 11.5. The van der Waals surface area contributed by atoms with Crippen molar-refractivity contribution in [3.05, 3.63) is 188 Å². The van der Waals surface area contributed by atoms with Crippen molar-refractivity contribution in [3.8, 4) is 0 Å². The van der Waals surface area contributed by atoms with Crippen LogP contribution in [0.1, 0.15) is 146 Å². The molecule has 0 aromatic heterocycles. The quantitative estimate of drug-likeness (QED) is 0.0730. The highest BCUT2D eigenvalue weighted by atomic mass is 16.2. The fraction of sp³-hybridized carbons (Fsp3) is 0.290. The molecule has 1 saturated heterocycles. The van der Waals surface area contributed by atoms with Crippen LogP contribution >= 0.6 is 0 Å². The Bertz CT molecular complexity index is 3310. The van der Waals surface area contributed by atoms with Gasteiger partial charge in [0, 0.05) is 66.8 Å². The zero-order valence-electron chi connectivity index (χ0n) is 42.3. The van der Waals surface area contributed by atoms with Crippen LogP contribution in [0.2, 0.25) is 0 Å². The van der Waals surface area contributed by atoms with E-state index >= 15 is 0 Å². The number of allylic oxidation sites excluding steroid dienone is 2. The summed E-state index contributed by atoms with van der Waals surface area (Å²) in [5.41, 5.74) is 7.38. The van der Waals surface area contributed by atoms with E-state index in [-0.39, 0.29) is 68.2 Å². The first-order chi connectivity index (χ1) is 34.9. The summed E-state index contributed by atoms with van der Waals surface area (Å²) in [5, 5.41) is 18.3. The van der Waals surface area contributed by atoms with Crippen molar-refractivity contribution in [2.45, 2.75) is 97.3 Å². The maximum absolute atomic E-state index is 14.7. The lowest BCUT2D eigenvalue weighted by Gasteiger charge is -2.43. The molecule has 1 fully saturated rings. The lowest BCUT2D eigenvalue weighted by atomic mass is 9.58. The standard InChI is InChI=1S/C62H59N5O6/c1-8-67-59(72)53-45-21-22-46(54(53)60(67)73)52-50-32-66-58(71)36-24-34(26-38(28-36)62(5,6)7)56(69)64-30-48-41-17-11-9-15-39(41)47(40-16-10-12-18-42(40)48)29-63-55(68)33-23-35(27-37(25-33)61(2,3)4)57(70)65-31-49(51(45)52)43-19-13-14-20-44(43)50/h9-28,45-46,53-54H,8,29-32H2,1-7H3,(H,63,68)(H,64,69)(H,65,70)(H,66,71)/t45-,46+,53+,54-. The third-order valence-electron chi connectivity index (χ3n) is 15.8. The molecule has 10 bridgehead atoms. The van der Waals surface area contributed by atoms with Gasteiger partial charge in [-0.3, -0.25) is 33.7 Å². The molecular weight excluding hydrogens is 911 g/mol. The number of benzene rings is 7. The Hall–Kier alpha value is -7.92. The van der Waals surface area contributed by atoms with E-state index in [0.29, 0.717) is 22.3 Å². The summed E-state index contributed by atoms with van der Waals surface area (Å²) in [6.07, 6.45) is 4.09. The first kappa shape index (κ1) is 47.4. The van der Waals surface area contributed by atoms with Crippen molar-refractivity contribution >= 4 is 67.8 Å². The molecule has 7 aromatic rings. The number of fused-ring (bicyclic) bond motifs is 9. The summed E-state index contributed by atoms with van der Waals surface area (Å²) in [6, 6.07) is 34.5. The van der Waals surface area contributed by atoms with Crippen molar-refractivity contribution in [1.29, 1.82) is 0 Å². The molecule has 6 aliphatic rings. The highest BCUT2D eigenvalue weighted by Crippen LogP contribution is 2.58. The molecule has 13 rings (SSSR count). The highest BCUT2D eigenvalue weighted by molar-refractivity contribution is 6.09. The van der Waals surface area contributed by atoms with Gasteiger partial charge in [0.2, 0.25) is 11.8 Å². The zero-order valence-corrected chi connectivity index (χ0v) is 42.3. The molecule has 0 radical (unpaired) electrons. The second-order valence-electron chi connectivity index (χ2n) is 22.1. The van der Waals surface area contributed by atoms with Gasteiger partial charge in [0.1, 0.15) is 0 Å². The SMILES string of the molecule is CCN1C(=O)[C@@H]2[C@H](C1=O)[C@H]1C=C[C@@H]2c2c1c1c3ccccc3c2CNC(=O)c2cc(cc(C(C)(C)C)c2)C(=O)NCc2c3ccccc3c(c3ccccc23)CNC(=O)c2cc(cc(C(C)(C)C)c2)C(=O)NC1. The van der Waals surface area contributed by atoms with Gasteiger partial charge in [-0.15, -0.1) is 0 Å². The molecular formula is C62H59N5O6. The second-order valence-corrected chi connectivity index (χ2v) is 22.1. The summed E-state index contributed by atoms with van der Waals surface area (Å²) in [4.78, 5) is 88.1. The molecule has 368 valence electrons. The number of imide groups is 1. The van der Waals surface area contributed by atoms with Crippen LogP contribution in [0.4, 0.5) is 0 Å². The van der Waals surface area contributed by atoms with E-state index in [9.17, 15) is 28.8 Å². The molecule has 0 spiro atoms. The fourth-order valence-corrected chi connectivity index (χ4v) is 12.1. The Morgan fingerprint density at radius 1 is 0.425 bits per heavy atom. The van der Waals surface area contributed by atoms with Crippen LogP contribution in [0.25, 0.3) is 32.3 Å². The van der Waals surface area contributed by atoms with Crippen LogP contribution in [0.5, 0.6) is 0 Å². The summed E-state index contributed by atoms with van der Waals surface area (Å²) < 4.78 is 0. The Labute approximate surface area is 424 Å². The first-order valence-corrected chi connectivity index (χ1v) is 25.4. The van der Waals surface area contributed by atoms with Crippen LogP contribution in [-0.2, 0) is 46.6 Å². The van der Waals surface area contributed by atoms with Gasteiger partial charge in [-0.25, -0.2) is 0 Å². The number of carbonyl (C=O) groups is 6. The third-order valence-corrected chi connectivity index (χ3v) is 15.8. The molecule has 11 nitrogen and oxygen atoms in total. The molecule has 73 heavy (non-hydrogen) atoms. The molecule has 0 unspecified atom stereocenters. The number of amides is 6. The Morgan fingerprint density at radius 2 is 0.699 bits per heavy atom. The van der Waals surface area contributed by atoms with E-state index in [1.165, 1.54) is 4.90 Å². The average Bonchev–Trinajstić information content (AvgIpc) is 3.66. The average molecular weight is 970 g/mol. The Morgan fingerprint density at radius 3 is 0.973 bits per heavy atom. The van der Waals surface area contributed by atoms with Crippen LogP contribution in [0.3, 0.4) is 0 Å². The van der Waals surface area contributed by atoms with E-state index in [4.69, 9.17) is 0 Å². The zero-order chi connectivity index (χ0) is 51.2. The number of hydrogen-bond acceptors (Lipinski definition) is 6. The van der Waals surface area contributed by atoms with Crippen molar-refractivity contribution in [1.82, 2.24) is 26.2 Å². The molecule has 7 aromatic carbocycles. The van der Waals surface area contributed by atoms with Crippen LogP contribution in [0.15, 0.2) is 121 Å². The molecule has 3 aliphatic heterocycles. The van der Waals surface area contributed by atoms with Crippen LogP contribution in [-0.4, -0.2) is 46.9 Å². The molecule has 6 amide bonds. The van der Waals surface area contributed by atoms with Gasteiger partial charge >= 0.3 is 0 Å². The van der Waals surface area contributed by atoms with Gasteiger partial charge in [0.25, 0.3) is 23.6 Å². The third kappa shape index (κ3) is 7.97. The Balaban J connectivity index is 1.08. The van der Waals surface area contributed by atoms with Crippen molar-refractivity contribution in [2.24, 2.45) is 11.8 Å². The lowest BCUT2D eigenvalue weighted by molar-refractivity contribution is -0.139.